The van der Waals surface area contributed by atoms with Gasteiger partial charge in [-0.15, -0.1) is 0 Å². The van der Waals surface area contributed by atoms with Gasteiger partial charge in [0.25, 0.3) is 5.56 Å². The molecule has 0 aliphatic carbocycles. The second-order valence-corrected chi connectivity index (χ2v) is 5.75. The number of anilines is 1. The van der Waals surface area contributed by atoms with Crippen molar-refractivity contribution in [3.05, 3.63) is 21.6 Å². The van der Waals surface area contributed by atoms with Crippen molar-refractivity contribution >= 4 is 23.2 Å². The molecule has 7 heteroatoms. The number of primary amides is 1. The molecule has 0 saturated carbocycles. The molecule has 1 amide bonds. The number of nitrogens with two attached hydrogens (primary N) is 1. The van der Waals surface area contributed by atoms with Crippen molar-refractivity contribution in [1.29, 1.82) is 0 Å². The number of carbonyl (C=O) groups excluding carboxylic acids is 1. The predicted octanol–water partition coefficient (Wildman–Crippen LogP) is 1.54. The van der Waals surface area contributed by atoms with Gasteiger partial charge in [-0.3, -0.25) is 9.59 Å². The van der Waals surface area contributed by atoms with Crippen molar-refractivity contribution in [3.8, 4) is 0 Å². The van der Waals surface area contributed by atoms with Gasteiger partial charge in [-0.2, -0.15) is 5.10 Å². The largest absolute Gasteiger partial charge is 0.377 e. The van der Waals surface area contributed by atoms with Crippen LogP contribution in [0.4, 0.5) is 5.69 Å². The normalized spacial score (nSPS) is 11.7. The maximum atomic E-state index is 12.0. The van der Waals surface area contributed by atoms with E-state index in [1.807, 2.05) is 13.8 Å². The van der Waals surface area contributed by atoms with Crippen LogP contribution in [0, 0.1) is 0 Å². The molecule has 1 aromatic rings. The van der Waals surface area contributed by atoms with Gasteiger partial charge in [-0.25, -0.2) is 4.68 Å². The van der Waals surface area contributed by atoms with Crippen LogP contribution in [0.3, 0.4) is 0 Å². The third kappa shape index (κ3) is 3.96. The number of halogens is 1. The van der Waals surface area contributed by atoms with Crippen molar-refractivity contribution < 1.29 is 4.79 Å². The van der Waals surface area contributed by atoms with Gasteiger partial charge in [0.2, 0.25) is 5.91 Å². The second kappa shape index (κ2) is 5.61. The Morgan fingerprint density at radius 3 is 2.63 bits per heavy atom. The van der Waals surface area contributed by atoms with Crippen LogP contribution in [0.5, 0.6) is 0 Å². The molecule has 1 heterocycles. The molecule has 0 aliphatic heterocycles. The van der Waals surface area contributed by atoms with Crippen LogP contribution in [0.2, 0.25) is 5.02 Å². The Kier molecular flexibility index (Phi) is 4.57. The van der Waals surface area contributed by atoms with Crippen LogP contribution >= 0.6 is 11.6 Å². The van der Waals surface area contributed by atoms with E-state index in [4.69, 9.17) is 17.3 Å². The van der Waals surface area contributed by atoms with Gasteiger partial charge in [-0.05, 0) is 27.7 Å². The Labute approximate surface area is 116 Å². The molecule has 0 aromatic carbocycles. The summed E-state index contributed by atoms with van der Waals surface area (Å²) >= 11 is 6.03. The molecular weight excluding hydrogens is 268 g/mol. The first kappa shape index (κ1) is 15.5. The summed E-state index contributed by atoms with van der Waals surface area (Å²) in [5, 5.41) is 7.12. The minimum atomic E-state index is -0.604. The Hall–Kier alpha value is -1.56. The van der Waals surface area contributed by atoms with Gasteiger partial charge in [0.1, 0.15) is 5.02 Å². The molecule has 106 valence electrons. The van der Waals surface area contributed by atoms with E-state index in [2.05, 4.69) is 10.4 Å². The maximum absolute atomic E-state index is 12.0. The standard InChI is InChI=1S/C12H19ClN4O2/c1-7(2)17-11(19)10(13)8(6-15-17)16-12(3,4)5-9(14)18/h6-7,16H,5H2,1-4H3,(H2,14,18). The first-order valence-corrected chi connectivity index (χ1v) is 6.35. The fraction of sp³-hybridized carbons (Fsp3) is 0.583. The maximum Gasteiger partial charge on any atom is 0.287 e. The molecule has 19 heavy (non-hydrogen) atoms. The molecule has 1 aromatic heterocycles. The SMILES string of the molecule is CC(C)n1ncc(NC(C)(C)CC(N)=O)c(Cl)c1=O. The van der Waals surface area contributed by atoms with Crippen LogP contribution in [-0.4, -0.2) is 21.2 Å². The summed E-state index contributed by atoms with van der Waals surface area (Å²) in [6.07, 6.45) is 1.60. The third-order valence-corrected chi connectivity index (χ3v) is 2.89. The topological polar surface area (TPSA) is 90.0 Å². The smallest absolute Gasteiger partial charge is 0.287 e. The van der Waals surface area contributed by atoms with Crippen LogP contribution < -0.4 is 16.6 Å². The van der Waals surface area contributed by atoms with E-state index in [9.17, 15) is 9.59 Å². The minimum absolute atomic E-state index is 0.0567. The molecule has 0 spiro atoms. The van der Waals surface area contributed by atoms with Crippen LogP contribution in [0.1, 0.15) is 40.2 Å². The Bertz CT molecular complexity index is 537. The molecule has 6 nitrogen and oxygen atoms in total. The Balaban J connectivity index is 3.07. The summed E-state index contributed by atoms with van der Waals surface area (Å²) in [7, 11) is 0. The van der Waals surface area contributed by atoms with Gasteiger partial charge in [-0.1, -0.05) is 11.6 Å². The van der Waals surface area contributed by atoms with E-state index in [1.165, 1.54) is 10.9 Å². The fourth-order valence-corrected chi connectivity index (χ4v) is 1.93. The van der Waals surface area contributed by atoms with E-state index < -0.39 is 11.4 Å². The van der Waals surface area contributed by atoms with E-state index >= 15 is 0 Å². The summed E-state index contributed by atoms with van der Waals surface area (Å²) in [4.78, 5) is 22.9. The van der Waals surface area contributed by atoms with E-state index in [-0.39, 0.29) is 23.0 Å². The van der Waals surface area contributed by atoms with Gasteiger partial charge in [0.15, 0.2) is 0 Å². The fourth-order valence-electron chi connectivity index (χ4n) is 1.74. The minimum Gasteiger partial charge on any atom is -0.377 e. The molecule has 0 bridgehead atoms. The highest BCUT2D eigenvalue weighted by atomic mass is 35.5. The zero-order valence-corrected chi connectivity index (χ0v) is 12.3. The molecule has 3 N–H and O–H groups in total. The van der Waals surface area contributed by atoms with Crippen molar-refractivity contribution in [1.82, 2.24) is 9.78 Å². The summed E-state index contributed by atoms with van der Waals surface area (Å²) in [6, 6.07) is -0.0716. The van der Waals surface area contributed by atoms with Crippen molar-refractivity contribution in [3.63, 3.8) is 0 Å². The zero-order valence-electron chi connectivity index (χ0n) is 11.5. The third-order valence-electron chi connectivity index (χ3n) is 2.52. The lowest BCUT2D eigenvalue weighted by Crippen LogP contribution is -2.37. The summed E-state index contributed by atoms with van der Waals surface area (Å²) in [6.45, 7) is 7.27. The van der Waals surface area contributed by atoms with Crippen molar-refractivity contribution in [2.75, 3.05) is 5.32 Å². The highest BCUT2D eigenvalue weighted by molar-refractivity contribution is 6.32. The molecule has 0 fully saturated rings. The quantitative estimate of drug-likeness (QED) is 0.859. The van der Waals surface area contributed by atoms with Gasteiger partial charge >= 0.3 is 0 Å². The second-order valence-electron chi connectivity index (χ2n) is 5.37. The average Bonchev–Trinajstić information content (AvgIpc) is 2.22. The number of hydrogen-bond donors (Lipinski definition) is 2. The van der Waals surface area contributed by atoms with Gasteiger partial charge < -0.3 is 11.1 Å². The number of nitrogens with one attached hydrogen (secondary N) is 1. The lowest BCUT2D eigenvalue weighted by Gasteiger charge is -2.26. The molecule has 0 saturated heterocycles. The van der Waals surface area contributed by atoms with Crippen LogP contribution in [-0.2, 0) is 4.79 Å². The van der Waals surface area contributed by atoms with E-state index in [0.717, 1.165) is 0 Å². The molecule has 0 radical (unpaired) electrons. The molecule has 0 aliphatic rings. The first-order chi connectivity index (χ1) is 8.64. The first-order valence-electron chi connectivity index (χ1n) is 5.98. The van der Waals surface area contributed by atoms with Crippen LogP contribution in [0.25, 0.3) is 0 Å². The monoisotopic (exact) mass is 286 g/mol. The molecule has 1 rings (SSSR count). The molecule has 0 atom stereocenters. The molecule has 0 unspecified atom stereocenters. The summed E-state index contributed by atoms with van der Waals surface area (Å²) < 4.78 is 1.30. The number of rotatable bonds is 5. The number of aromatic nitrogens is 2. The van der Waals surface area contributed by atoms with Crippen molar-refractivity contribution in [2.24, 2.45) is 5.73 Å². The van der Waals surface area contributed by atoms with E-state index in [1.54, 1.807) is 13.8 Å². The van der Waals surface area contributed by atoms with E-state index in [0.29, 0.717) is 5.69 Å². The zero-order chi connectivity index (χ0) is 14.8. The van der Waals surface area contributed by atoms with Crippen molar-refractivity contribution in [2.45, 2.75) is 45.7 Å². The van der Waals surface area contributed by atoms with Crippen LogP contribution in [0.15, 0.2) is 11.0 Å². The Morgan fingerprint density at radius 2 is 2.16 bits per heavy atom. The summed E-state index contributed by atoms with van der Waals surface area (Å²) in [5.74, 6) is -0.433. The van der Waals surface area contributed by atoms with Gasteiger partial charge in [0, 0.05) is 12.0 Å². The number of amides is 1. The lowest BCUT2D eigenvalue weighted by molar-refractivity contribution is -0.118. The predicted molar refractivity (Wildman–Crippen MR) is 75.4 cm³/mol. The number of nitrogens with zero attached hydrogens (tertiary/aromatic N) is 2. The average molecular weight is 287 g/mol. The highest BCUT2D eigenvalue weighted by Crippen LogP contribution is 2.22. The van der Waals surface area contributed by atoms with Gasteiger partial charge in [0.05, 0.1) is 17.9 Å². The highest BCUT2D eigenvalue weighted by Gasteiger charge is 2.22. The Morgan fingerprint density at radius 1 is 1.58 bits per heavy atom. The number of carbonyl (C=O) groups is 1. The lowest BCUT2D eigenvalue weighted by atomic mass is 10.00. The summed E-state index contributed by atoms with van der Waals surface area (Å²) in [5.41, 5.74) is 4.60. The number of hydrogen-bond acceptors (Lipinski definition) is 4. The molecular formula is C12H19ClN4O2.